The van der Waals surface area contributed by atoms with Crippen molar-refractivity contribution in [3.63, 3.8) is 0 Å². The number of hydrogen-bond acceptors (Lipinski definition) is 3. The molecule has 1 heterocycles. The maximum absolute atomic E-state index is 11.4. The molecule has 0 spiro atoms. The van der Waals surface area contributed by atoms with Gasteiger partial charge in [-0.05, 0) is 38.3 Å². The summed E-state index contributed by atoms with van der Waals surface area (Å²) in [7, 11) is 0. The Labute approximate surface area is 114 Å². The Kier molecular flexibility index (Phi) is 4.40. The predicted molar refractivity (Wildman–Crippen MR) is 75.8 cm³/mol. The minimum absolute atomic E-state index is 0.315. The summed E-state index contributed by atoms with van der Waals surface area (Å²) >= 11 is 0. The molecule has 104 valence electrons. The van der Waals surface area contributed by atoms with E-state index >= 15 is 0 Å². The summed E-state index contributed by atoms with van der Waals surface area (Å²) in [6, 6.07) is 2.18. The smallest absolute Gasteiger partial charge is 0.339 e. The van der Waals surface area contributed by atoms with Crippen LogP contribution in [0.15, 0.2) is 6.07 Å². The number of carbonyl (C=O) groups is 1. The average molecular weight is 262 g/mol. The highest BCUT2D eigenvalue weighted by atomic mass is 16.4. The lowest BCUT2D eigenvalue weighted by atomic mass is 10.1. The zero-order valence-corrected chi connectivity index (χ0v) is 11.7. The second-order valence-electron chi connectivity index (χ2n) is 5.44. The van der Waals surface area contributed by atoms with Gasteiger partial charge >= 0.3 is 5.97 Å². The summed E-state index contributed by atoms with van der Waals surface area (Å²) in [6.45, 7) is 3.73. The Morgan fingerprint density at radius 1 is 1.26 bits per heavy atom. The summed E-state index contributed by atoms with van der Waals surface area (Å²) in [4.78, 5) is 15.8. The molecular formula is C15H22N2O2. The molecule has 0 aromatic carbocycles. The van der Waals surface area contributed by atoms with Gasteiger partial charge in [0.1, 0.15) is 11.4 Å². The van der Waals surface area contributed by atoms with Crippen LogP contribution in [-0.2, 0) is 0 Å². The fourth-order valence-corrected chi connectivity index (χ4v) is 2.83. The Morgan fingerprint density at radius 3 is 2.47 bits per heavy atom. The van der Waals surface area contributed by atoms with Crippen molar-refractivity contribution < 1.29 is 9.90 Å². The zero-order chi connectivity index (χ0) is 13.8. The quantitative estimate of drug-likeness (QED) is 0.818. The van der Waals surface area contributed by atoms with E-state index in [0.717, 1.165) is 24.1 Å². The number of nitrogens with one attached hydrogen (secondary N) is 1. The molecule has 0 amide bonds. The molecule has 1 aromatic heterocycles. The number of aryl methyl sites for hydroxylation is 2. The molecule has 1 aromatic rings. The maximum Gasteiger partial charge on any atom is 0.339 e. The van der Waals surface area contributed by atoms with Crippen LogP contribution in [0.1, 0.15) is 60.1 Å². The number of rotatable bonds is 3. The highest BCUT2D eigenvalue weighted by Gasteiger charge is 2.19. The summed E-state index contributed by atoms with van der Waals surface area (Å²) in [6.07, 6.45) is 7.20. The van der Waals surface area contributed by atoms with E-state index in [4.69, 9.17) is 0 Å². The number of hydrogen-bond donors (Lipinski definition) is 2. The summed E-state index contributed by atoms with van der Waals surface area (Å²) in [5.74, 6) is -0.363. The molecule has 0 aliphatic heterocycles. The van der Waals surface area contributed by atoms with Crippen molar-refractivity contribution in [3.05, 3.63) is 22.9 Å². The first-order chi connectivity index (χ1) is 9.08. The van der Waals surface area contributed by atoms with Crippen molar-refractivity contribution in [3.8, 4) is 0 Å². The molecule has 1 saturated carbocycles. The van der Waals surface area contributed by atoms with Gasteiger partial charge in [0, 0.05) is 11.7 Å². The molecule has 1 aliphatic rings. The first kappa shape index (κ1) is 13.8. The van der Waals surface area contributed by atoms with Crippen molar-refractivity contribution in [1.82, 2.24) is 4.98 Å². The number of carboxylic acids is 1. The van der Waals surface area contributed by atoms with E-state index in [1.807, 2.05) is 19.9 Å². The Morgan fingerprint density at radius 2 is 1.89 bits per heavy atom. The number of nitrogens with zero attached hydrogens (tertiary/aromatic N) is 1. The third-order valence-corrected chi connectivity index (χ3v) is 3.75. The van der Waals surface area contributed by atoms with Gasteiger partial charge in [-0.1, -0.05) is 25.7 Å². The molecule has 2 rings (SSSR count). The normalized spacial score (nSPS) is 16.9. The van der Waals surface area contributed by atoms with E-state index < -0.39 is 5.97 Å². The van der Waals surface area contributed by atoms with Crippen LogP contribution in [0.4, 0.5) is 5.82 Å². The van der Waals surface area contributed by atoms with Crippen molar-refractivity contribution in [2.45, 2.75) is 58.4 Å². The Balaban J connectivity index is 2.24. The van der Waals surface area contributed by atoms with Gasteiger partial charge in [-0.2, -0.15) is 0 Å². The molecule has 0 atom stereocenters. The second kappa shape index (κ2) is 6.04. The summed E-state index contributed by atoms with van der Waals surface area (Å²) in [5, 5.41) is 12.7. The molecule has 1 fully saturated rings. The highest BCUT2D eigenvalue weighted by molar-refractivity contribution is 5.94. The molecule has 0 bridgehead atoms. The lowest BCUT2D eigenvalue weighted by Crippen LogP contribution is -2.22. The molecule has 4 nitrogen and oxygen atoms in total. The first-order valence-electron chi connectivity index (χ1n) is 7.06. The first-order valence-corrected chi connectivity index (χ1v) is 7.06. The molecule has 0 unspecified atom stereocenters. The van der Waals surface area contributed by atoms with E-state index in [2.05, 4.69) is 10.3 Å². The van der Waals surface area contributed by atoms with E-state index in [9.17, 15) is 9.90 Å². The Bertz CT molecular complexity index is 463. The highest BCUT2D eigenvalue weighted by Crippen LogP contribution is 2.24. The van der Waals surface area contributed by atoms with Crippen LogP contribution in [0.2, 0.25) is 0 Å². The van der Waals surface area contributed by atoms with E-state index in [-0.39, 0.29) is 0 Å². The topological polar surface area (TPSA) is 62.2 Å². The van der Waals surface area contributed by atoms with Gasteiger partial charge in [0.2, 0.25) is 0 Å². The van der Waals surface area contributed by atoms with Gasteiger partial charge in [-0.3, -0.25) is 0 Å². The molecular weight excluding hydrogens is 240 g/mol. The van der Waals surface area contributed by atoms with Gasteiger partial charge < -0.3 is 10.4 Å². The van der Waals surface area contributed by atoms with Crippen molar-refractivity contribution in [1.29, 1.82) is 0 Å². The fourth-order valence-electron chi connectivity index (χ4n) is 2.83. The van der Waals surface area contributed by atoms with Crippen LogP contribution in [0, 0.1) is 13.8 Å². The van der Waals surface area contributed by atoms with Crippen LogP contribution in [-0.4, -0.2) is 22.1 Å². The largest absolute Gasteiger partial charge is 0.478 e. The molecule has 1 aliphatic carbocycles. The summed E-state index contributed by atoms with van der Waals surface area (Å²) in [5.41, 5.74) is 1.95. The molecule has 19 heavy (non-hydrogen) atoms. The van der Waals surface area contributed by atoms with Gasteiger partial charge in [0.15, 0.2) is 0 Å². The lowest BCUT2D eigenvalue weighted by molar-refractivity contribution is 0.0696. The minimum Gasteiger partial charge on any atom is -0.478 e. The van der Waals surface area contributed by atoms with Crippen molar-refractivity contribution in [2.24, 2.45) is 0 Å². The van der Waals surface area contributed by atoms with Crippen LogP contribution >= 0.6 is 0 Å². The number of aromatic nitrogens is 1. The van der Waals surface area contributed by atoms with Gasteiger partial charge in [-0.25, -0.2) is 9.78 Å². The van der Waals surface area contributed by atoms with Crippen LogP contribution in [0.25, 0.3) is 0 Å². The number of carboxylic acid groups (broad SMARTS) is 1. The molecule has 4 heteroatoms. The fraction of sp³-hybridized carbons (Fsp3) is 0.600. The van der Waals surface area contributed by atoms with Crippen molar-refractivity contribution >= 4 is 11.8 Å². The summed E-state index contributed by atoms with van der Waals surface area (Å²) < 4.78 is 0. The van der Waals surface area contributed by atoms with Crippen LogP contribution < -0.4 is 5.32 Å². The molecule has 0 saturated heterocycles. The predicted octanol–water partition coefficient (Wildman–Crippen LogP) is 3.53. The maximum atomic E-state index is 11.4. The Hall–Kier alpha value is -1.58. The SMILES string of the molecule is Cc1cc(C)c(C(=O)O)c(NC2CCCCCC2)n1. The van der Waals surface area contributed by atoms with Crippen molar-refractivity contribution in [2.75, 3.05) is 5.32 Å². The number of anilines is 1. The third kappa shape index (κ3) is 3.46. The monoisotopic (exact) mass is 262 g/mol. The van der Waals surface area contributed by atoms with Crippen LogP contribution in [0.3, 0.4) is 0 Å². The van der Waals surface area contributed by atoms with E-state index in [1.165, 1.54) is 25.7 Å². The molecule has 0 radical (unpaired) electrons. The zero-order valence-electron chi connectivity index (χ0n) is 11.7. The standard InChI is InChI=1S/C15H22N2O2/c1-10-9-11(2)16-14(13(10)15(18)19)17-12-7-5-3-4-6-8-12/h9,12H,3-8H2,1-2H3,(H,16,17)(H,18,19). The average Bonchev–Trinajstić information content (AvgIpc) is 2.56. The third-order valence-electron chi connectivity index (χ3n) is 3.75. The minimum atomic E-state index is -0.902. The lowest BCUT2D eigenvalue weighted by Gasteiger charge is -2.19. The number of aromatic carboxylic acids is 1. The van der Waals surface area contributed by atoms with Crippen LogP contribution in [0.5, 0.6) is 0 Å². The van der Waals surface area contributed by atoms with Gasteiger partial charge in [0.05, 0.1) is 0 Å². The second-order valence-corrected chi connectivity index (χ2v) is 5.44. The van der Waals surface area contributed by atoms with E-state index in [1.54, 1.807) is 0 Å². The van der Waals surface area contributed by atoms with Gasteiger partial charge in [-0.15, -0.1) is 0 Å². The molecule has 2 N–H and O–H groups in total. The van der Waals surface area contributed by atoms with E-state index in [0.29, 0.717) is 17.4 Å². The number of pyridine rings is 1. The van der Waals surface area contributed by atoms with Gasteiger partial charge in [0.25, 0.3) is 0 Å².